The minimum absolute atomic E-state index is 0.549. The van der Waals surface area contributed by atoms with Gasteiger partial charge in [0, 0.05) is 24.2 Å². The molecule has 0 radical (unpaired) electrons. The van der Waals surface area contributed by atoms with Gasteiger partial charge in [-0.25, -0.2) is 0 Å². The summed E-state index contributed by atoms with van der Waals surface area (Å²) in [6.45, 7) is 8.68. The van der Waals surface area contributed by atoms with Crippen LogP contribution in [0.1, 0.15) is 34.1 Å². The van der Waals surface area contributed by atoms with Crippen molar-refractivity contribution in [2.75, 3.05) is 0 Å². The Morgan fingerprint density at radius 2 is 2.20 bits per heavy atom. The molecule has 0 aromatic carbocycles. The quantitative estimate of drug-likeness (QED) is 0.543. The molecule has 2 nitrogen and oxygen atoms in total. The Bertz CT molecular complexity index is 149. The van der Waals surface area contributed by atoms with Gasteiger partial charge in [-0.2, -0.15) is 5.10 Å². The summed E-state index contributed by atoms with van der Waals surface area (Å²) in [7, 11) is 0. The summed E-state index contributed by atoms with van der Waals surface area (Å²) in [6.07, 6.45) is 1.14. The fraction of sp³-hybridized carbons (Fsp3) is 0.875. The summed E-state index contributed by atoms with van der Waals surface area (Å²) in [4.78, 5) is 0. The number of nitrogens with zero attached hydrogens (tertiary/aromatic N) is 2. The van der Waals surface area contributed by atoms with E-state index in [9.17, 15) is 0 Å². The summed E-state index contributed by atoms with van der Waals surface area (Å²) in [5, 5.41) is 6.59. The molecule has 0 spiro atoms. The van der Waals surface area contributed by atoms with Crippen LogP contribution >= 0.6 is 0 Å². The Morgan fingerprint density at radius 3 is 2.40 bits per heavy atom. The van der Waals surface area contributed by atoms with Crippen LogP contribution < -0.4 is 0 Å². The summed E-state index contributed by atoms with van der Waals surface area (Å²) in [5.41, 5.74) is 1.27. The second-order valence-electron chi connectivity index (χ2n) is 3.36. The van der Waals surface area contributed by atoms with Crippen LogP contribution in [0.4, 0.5) is 0 Å². The predicted octanol–water partition coefficient (Wildman–Crippen LogP) is 1.86. The van der Waals surface area contributed by atoms with Crippen LogP contribution in [0.25, 0.3) is 0 Å². The average molecular weight is 140 g/mol. The molecule has 0 saturated carbocycles. The zero-order chi connectivity index (χ0) is 7.72. The topological polar surface area (TPSA) is 15.6 Å². The third-order valence-electron chi connectivity index (χ3n) is 1.86. The van der Waals surface area contributed by atoms with Gasteiger partial charge in [0.2, 0.25) is 0 Å². The van der Waals surface area contributed by atoms with Crippen molar-refractivity contribution < 1.29 is 0 Å². The van der Waals surface area contributed by atoms with E-state index in [1.165, 1.54) is 5.71 Å². The number of hydrazone groups is 1. The predicted molar refractivity (Wildman–Crippen MR) is 44.2 cm³/mol. The number of hydrogen-bond acceptors (Lipinski definition) is 2. The van der Waals surface area contributed by atoms with E-state index in [1.54, 1.807) is 0 Å². The molecule has 0 N–H and O–H groups in total. The Hall–Kier alpha value is -0.530. The van der Waals surface area contributed by atoms with Crippen molar-refractivity contribution in [2.24, 2.45) is 5.10 Å². The summed E-state index contributed by atoms with van der Waals surface area (Å²) < 4.78 is 0. The summed E-state index contributed by atoms with van der Waals surface area (Å²) >= 11 is 0. The second-order valence-corrected chi connectivity index (χ2v) is 3.36. The molecule has 1 heterocycles. The highest BCUT2D eigenvalue weighted by Crippen LogP contribution is 2.16. The van der Waals surface area contributed by atoms with Crippen LogP contribution in [0, 0.1) is 0 Å². The SMILES string of the molecule is CC1=NN(C(C)C)C(C)C1. The van der Waals surface area contributed by atoms with Crippen molar-refractivity contribution in [3.05, 3.63) is 0 Å². The van der Waals surface area contributed by atoms with E-state index < -0.39 is 0 Å². The molecule has 1 aliphatic rings. The van der Waals surface area contributed by atoms with E-state index in [2.05, 4.69) is 37.8 Å². The van der Waals surface area contributed by atoms with Gasteiger partial charge in [0.25, 0.3) is 0 Å². The molecule has 0 amide bonds. The lowest BCUT2D eigenvalue weighted by atomic mass is 10.2. The van der Waals surface area contributed by atoms with Crippen molar-refractivity contribution in [1.29, 1.82) is 0 Å². The highest BCUT2D eigenvalue weighted by Gasteiger charge is 2.21. The molecular weight excluding hydrogens is 124 g/mol. The molecule has 1 atom stereocenters. The zero-order valence-electron chi connectivity index (χ0n) is 7.26. The molecule has 1 rings (SSSR count). The Labute approximate surface area is 62.9 Å². The first-order chi connectivity index (χ1) is 4.61. The van der Waals surface area contributed by atoms with E-state index >= 15 is 0 Å². The van der Waals surface area contributed by atoms with Gasteiger partial charge >= 0.3 is 0 Å². The van der Waals surface area contributed by atoms with Crippen LogP contribution in [0.15, 0.2) is 5.10 Å². The molecule has 10 heavy (non-hydrogen) atoms. The first-order valence-corrected chi connectivity index (χ1v) is 3.93. The Morgan fingerprint density at radius 1 is 1.60 bits per heavy atom. The van der Waals surface area contributed by atoms with E-state index in [1.807, 2.05) is 0 Å². The summed E-state index contributed by atoms with van der Waals surface area (Å²) in [5.74, 6) is 0. The third-order valence-corrected chi connectivity index (χ3v) is 1.86. The van der Waals surface area contributed by atoms with E-state index in [0.29, 0.717) is 12.1 Å². The highest BCUT2D eigenvalue weighted by atomic mass is 15.5. The fourth-order valence-electron chi connectivity index (χ4n) is 1.48. The molecule has 0 saturated heterocycles. The summed E-state index contributed by atoms with van der Waals surface area (Å²) in [6, 6.07) is 1.16. The van der Waals surface area contributed by atoms with Crippen molar-refractivity contribution in [2.45, 2.75) is 46.2 Å². The minimum Gasteiger partial charge on any atom is -0.291 e. The third kappa shape index (κ3) is 1.31. The first kappa shape index (κ1) is 7.58. The number of hydrogen-bond donors (Lipinski definition) is 0. The largest absolute Gasteiger partial charge is 0.291 e. The van der Waals surface area contributed by atoms with E-state index in [4.69, 9.17) is 0 Å². The van der Waals surface area contributed by atoms with Gasteiger partial charge in [-0.15, -0.1) is 0 Å². The monoisotopic (exact) mass is 140 g/mol. The van der Waals surface area contributed by atoms with Crippen molar-refractivity contribution in [1.82, 2.24) is 5.01 Å². The van der Waals surface area contributed by atoms with Crippen LogP contribution in [0.2, 0.25) is 0 Å². The van der Waals surface area contributed by atoms with Gasteiger partial charge in [0.05, 0.1) is 0 Å². The van der Waals surface area contributed by atoms with Crippen LogP contribution in [-0.4, -0.2) is 22.8 Å². The van der Waals surface area contributed by atoms with Crippen molar-refractivity contribution >= 4 is 5.71 Å². The standard InChI is InChI=1S/C8H16N2/c1-6(2)10-8(4)5-7(3)9-10/h6,8H,5H2,1-4H3. The molecule has 0 bridgehead atoms. The zero-order valence-corrected chi connectivity index (χ0v) is 7.26. The van der Waals surface area contributed by atoms with Crippen molar-refractivity contribution in [3.63, 3.8) is 0 Å². The molecule has 2 heteroatoms. The normalized spacial score (nSPS) is 25.9. The van der Waals surface area contributed by atoms with Crippen LogP contribution in [0.3, 0.4) is 0 Å². The molecule has 0 aromatic rings. The van der Waals surface area contributed by atoms with Crippen LogP contribution in [-0.2, 0) is 0 Å². The Kier molecular flexibility index (Phi) is 1.97. The minimum atomic E-state index is 0.549. The van der Waals surface area contributed by atoms with Gasteiger partial charge in [0.1, 0.15) is 0 Å². The first-order valence-electron chi connectivity index (χ1n) is 3.93. The van der Waals surface area contributed by atoms with Crippen LogP contribution in [0.5, 0.6) is 0 Å². The fourth-order valence-corrected chi connectivity index (χ4v) is 1.48. The van der Waals surface area contributed by atoms with Gasteiger partial charge in [-0.3, -0.25) is 5.01 Å². The molecule has 1 aliphatic heterocycles. The molecule has 1 unspecified atom stereocenters. The van der Waals surface area contributed by atoms with Gasteiger partial charge in [-0.1, -0.05) is 0 Å². The second kappa shape index (κ2) is 2.60. The van der Waals surface area contributed by atoms with Gasteiger partial charge in [0.15, 0.2) is 0 Å². The molecule has 0 aromatic heterocycles. The maximum Gasteiger partial charge on any atom is 0.0498 e. The molecule has 0 fully saturated rings. The Balaban J connectivity index is 2.60. The molecule has 0 aliphatic carbocycles. The molecule has 58 valence electrons. The van der Waals surface area contributed by atoms with E-state index in [0.717, 1.165) is 6.42 Å². The van der Waals surface area contributed by atoms with E-state index in [-0.39, 0.29) is 0 Å². The average Bonchev–Trinajstić information content (AvgIpc) is 2.10. The smallest absolute Gasteiger partial charge is 0.0498 e. The molecular formula is C8H16N2. The highest BCUT2D eigenvalue weighted by molar-refractivity contribution is 5.83. The lowest BCUT2D eigenvalue weighted by Crippen LogP contribution is -2.30. The lowest BCUT2D eigenvalue weighted by Gasteiger charge is -2.23. The lowest BCUT2D eigenvalue weighted by molar-refractivity contribution is 0.195. The number of rotatable bonds is 1. The van der Waals surface area contributed by atoms with Crippen molar-refractivity contribution in [3.8, 4) is 0 Å². The van der Waals surface area contributed by atoms with Gasteiger partial charge < -0.3 is 0 Å². The van der Waals surface area contributed by atoms with Gasteiger partial charge in [-0.05, 0) is 27.7 Å². The maximum absolute atomic E-state index is 4.42. The maximum atomic E-state index is 4.42.